The average Bonchev–Trinajstić information content (AvgIpc) is 3.12. The van der Waals surface area contributed by atoms with Crippen molar-refractivity contribution in [1.29, 1.82) is 0 Å². The van der Waals surface area contributed by atoms with Gasteiger partial charge in [-0.1, -0.05) is 76.6 Å². The Labute approximate surface area is 199 Å². The monoisotopic (exact) mass is 498 g/mol. The van der Waals surface area contributed by atoms with Gasteiger partial charge in [-0.25, -0.2) is 9.69 Å². The number of imide groups is 1. The summed E-state index contributed by atoms with van der Waals surface area (Å²) in [5.41, 5.74) is 2.48. The number of nitrogens with one attached hydrogen (secondary N) is 1. The Balaban J connectivity index is 1.53. The van der Waals surface area contributed by atoms with Crippen LogP contribution in [-0.4, -0.2) is 11.9 Å². The molecule has 0 unspecified atom stereocenters. The van der Waals surface area contributed by atoms with Crippen molar-refractivity contribution in [2.24, 2.45) is 0 Å². The zero-order valence-electron chi connectivity index (χ0n) is 17.5. The molecule has 1 aliphatic rings. The number of amides is 3. The van der Waals surface area contributed by atoms with Crippen LogP contribution in [-0.2, 0) is 11.4 Å². The number of nitrogens with zero attached hydrogens (tertiary/aromatic N) is 1. The van der Waals surface area contributed by atoms with Gasteiger partial charge in [0.1, 0.15) is 18.1 Å². The Morgan fingerprint density at radius 2 is 1.58 bits per heavy atom. The highest BCUT2D eigenvalue weighted by atomic mass is 79.9. The lowest BCUT2D eigenvalue weighted by atomic mass is 10.0. The van der Waals surface area contributed by atoms with Crippen LogP contribution in [0.5, 0.6) is 5.75 Å². The number of ether oxygens (including phenoxy) is 1. The molecule has 0 radical (unpaired) electrons. The molecule has 3 amide bonds. The Morgan fingerprint density at radius 1 is 0.848 bits per heavy atom. The molecule has 1 aliphatic heterocycles. The first kappa shape index (κ1) is 21.0. The number of carbonyl (C=O) groups is 2. The first-order valence-electron chi connectivity index (χ1n) is 10.4. The molecule has 0 atom stereocenters. The maximum atomic E-state index is 13.1. The molecule has 1 N–H and O–H groups in total. The lowest BCUT2D eigenvalue weighted by molar-refractivity contribution is -0.113. The number of carbonyl (C=O) groups excluding carboxylic acids is 2. The van der Waals surface area contributed by atoms with Crippen LogP contribution in [0.2, 0.25) is 0 Å². The van der Waals surface area contributed by atoms with Crippen molar-refractivity contribution < 1.29 is 14.3 Å². The lowest BCUT2D eigenvalue weighted by Gasteiger charge is -2.13. The second-order valence-corrected chi connectivity index (χ2v) is 8.49. The van der Waals surface area contributed by atoms with Crippen LogP contribution >= 0.6 is 15.9 Å². The van der Waals surface area contributed by atoms with Crippen molar-refractivity contribution >= 4 is 50.4 Å². The standard InChI is InChI=1S/C27H19BrN2O3/c28-20-13-10-18(11-14-20)17-33-25-15-12-19-6-4-5-9-22(19)23(25)16-24-26(31)30(27(32)29-24)21-7-2-1-3-8-21/h1-16H,17H2,(H,29,32)/b24-16+. The highest BCUT2D eigenvalue weighted by Crippen LogP contribution is 2.32. The van der Waals surface area contributed by atoms with Crippen LogP contribution in [0, 0.1) is 0 Å². The molecule has 1 saturated heterocycles. The van der Waals surface area contributed by atoms with Crippen LogP contribution in [0.1, 0.15) is 11.1 Å². The van der Waals surface area contributed by atoms with E-state index in [2.05, 4.69) is 21.2 Å². The molecule has 5 nitrogen and oxygen atoms in total. The normalized spacial score (nSPS) is 14.7. The fourth-order valence-corrected chi connectivity index (χ4v) is 4.05. The van der Waals surface area contributed by atoms with Crippen LogP contribution in [0.4, 0.5) is 10.5 Å². The summed E-state index contributed by atoms with van der Waals surface area (Å²) in [6, 6.07) is 28.1. The number of fused-ring (bicyclic) bond motifs is 1. The number of hydrogen-bond acceptors (Lipinski definition) is 3. The molecule has 4 aromatic carbocycles. The molecule has 33 heavy (non-hydrogen) atoms. The topological polar surface area (TPSA) is 58.6 Å². The van der Waals surface area contributed by atoms with Crippen LogP contribution in [0.25, 0.3) is 16.8 Å². The molecule has 0 bridgehead atoms. The van der Waals surface area contributed by atoms with Crippen LogP contribution in [0.3, 0.4) is 0 Å². The fraction of sp³-hybridized carbons (Fsp3) is 0.0370. The van der Waals surface area contributed by atoms with E-state index >= 15 is 0 Å². The van der Waals surface area contributed by atoms with E-state index in [0.29, 0.717) is 18.0 Å². The third-order valence-electron chi connectivity index (χ3n) is 5.42. The van der Waals surface area contributed by atoms with Crippen molar-refractivity contribution in [2.75, 3.05) is 4.90 Å². The number of urea groups is 1. The Hall–Kier alpha value is -3.90. The number of hydrogen-bond donors (Lipinski definition) is 1. The van der Waals surface area contributed by atoms with Crippen molar-refractivity contribution in [2.45, 2.75) is 6.61 Å². The predicted octanol–water partition coefficient (Wildman–Crippen LogP) is 6.28. The molecule has 6 heteroatoms. The van der Waals surface area contributed by atoms with E-state index in [-0.39, 0.29) is 5.70 Å². The Morgan fingerprint density at radius 3 is 2.36 bits per heavy atom. The summed E-state index contributed by atoms with van der Waals surface area (Å²) in [5, 5.41) is 4.65. The summed E-state index contributed by atoms with van der Waals surface area (Å²) in [7, 11) is 0. The van der Waals surface area contributed by atoms with Gasteiger partial charge in [0, 0.05) is 10.0 Å². The predicted molar refractivity (Wildman–Crippen MR) is 133 cm³/mol. The summed E-state index contributed by atoms with van der Waals surface area (Å²) in [6.07, 6.45) is 1.70. The van der Waals surface area contributed by atoms with Crippen LogP contribution in [0.15, 0.2) is 101 Å². The molecule has 4 aromatic rings. The minimum absolute atomic E-state index is 0.202. The molecule has 0 saturated carbocycles. The summed E-state index contributed by atoms with van der Waals surface area (Å²) in [4.78, 5) is 26.8. The molecular weight excluding hydrogens is 480 g/mol. The molecule has 0 aliphatic carbocycles. The van der Waals surface area contributed by atoms with Gasteiger partial charge < -0.3 is 10.1 Å². The lowest BCUT2D eigenvalue weighted by Crippen LogP contribution is -2.30. The fourth-order valence-electron chi connectivity index (χ4n) is 3.78. The molecule has 162 valence electrons. The van der Waals surface area contributed by atoms with Gasteiger partial charge in [-0.05, 0) is 52.7 Å². The van der Waals surface area contributed by atoms with Gasteiger partial charge >= 0.3 is 6.03 Å². The first-order valence-corrected chi connectivity index (χ1v) is 11.2. The Kier molecular flexibility index (Phi) is 5.67. The van der Waals surface area contributed by atoms with E-state index < -0.39 is 11.9 Å². The van der Waals surface area contributed by atoms with Crippen molar-refractivity contribution in [3.63, 3.8) is 0 Å². The summed E-state index contributed by atoms with van der Waals surface area (Å²) in [6.45, 7) is 0.373. The number of rotatable bonds is 5. The summed E-state index contributed by atoms with van der Waals surface area (Å²) in [5.74, 6) is 0.224. The van der Waals surface area contributed by atoms with E-state index in [1.165, 1.54) is 0 Å². The number of para-hydroxylation sites is 1. The second-order valence-electron chi connectivity index (χ2n) is 7.58. The molecule has 0 aromatic heterocycles. The minimum Gasteiger partial charge on any atom is -0.488 e. The van der Waals surface area contributed by atoms with E-state index in [0.717, 1.165) is 31.3 Å². The van der Waals surface area contributed by atoms with Gasteiger partial charge in [-0.15, -0.1) is 0 Å². The molecule has 1 fully saturated rings. The minimum atomic E-state index is -0.477. The molecular formula is C27H19BrN2O3. The zero-order valence-corrected chi connectivity index (χ0v) is 19.1. The molecule has 1 heterocycles. The summed E-state index contributed by atoms with van der Waals surface area (Å²) < 4.78 is 7.16. The third kappa shape index (κ3) is 4.25. The quantitative estimate of drug-likeness (QED) is 0.260. The largest absolute Gasteiger partial charge is 0.488 e. The maximum absolute atomic E-state index is 13.1. The zero-order chi connectivity index (χ0) is 22.8. The van der Waals surface area contributed by atoms with Gasteiger partial charge in [0.15, 0.2) is 0 Å². The number of benzene rings is 4. The summed E-state index contributed by atoms with van der Waals surface area (Å²) >= 11 is 3.44. The highest BCUT2D eigenvalue weighted by molar-refractivity contribution is 9.10. The van der Waals surface area contributed by atoms with Gasteiger partial charge in [-0.2, -0.15) is 0 Å². The van der Waals surface area contributed by atoms with Crippen molar-refractivity contribution in [1.82, 2.24) is 5.32 Å². The SMILES string of the molecule is O=C1N/C(=C/c2c(OCc3ccc(Br)cc3)ccc3ccccc23)C(=O)N1c1ccccc1. The maximum Gasteiger partial charge on any atom is 0.333 e. The first-order chi connectivity index (χ1) is 16.1. The van der Waals surface area contributed by atoms with Crippen LogP contribution < -0.4 is 15.0 Å². The highest BCUT2D eigenvalue weighted by Gasteiger charge is 2.35. The van der Waals surface area contributed by atoms with Crippen molar-refractivity contribution in [3.8, 4) is 5.75 Å². The second kappa shape index (κ2) is 8.92. The van der Waals surface area contributed by atoms with E-state index in [1.807, 2.05) is 66.7 Å². The van der Waals surface area contributed by atoms with E-state index in [1.54, 1.807) is 30.3 Å². The van der Waals surface area contributed by atoms with Gasteiger partial charge in [0.2, 0.25) is 0 Å². The third-order valence-corrected chi connectivity index (χ3v) is 5.95. The van der Waals surface area contributed by atoms with E-state index in [9.17, 15) is 9.59 Å². The number of halogens is 1. The molecule has 5 rings (SSSR count). The Bertz CT molecular complexity index is 1380. The molecule has 0 spiro atoms. The van der Waals surface area contributed by atoms with Crippen molar-refractivity contribution in [3.05, 3.63) is 112 Å². The number of anilines is 1. The van der Waals surface area contributed by atoms with Gasteiger partial charge in [0.25, 0.3) is 5.91 Å². The smallest absolute Gasteiger partial charge is 0.333 e. The van der Waals surface area contributed by atoms with Gasteiger partial charge in [0.05, 0.1) is 5.69 Å². The van der Waals surface area contributed by atoms with Gasteiger partial charge in [-0.3, -0.25) is 4.79 Å². The van der Waals surface area contributed by atoms with E-state index in [4.69, 9.17) is 4.74 Å². The average molecular weight is 499 g/mol.